The molecule has 126 valence electrons. The first-order valence-corrected chi connectivity index (χ1v) is 8.70. The number of nitrogens with zero attached hydrogens (tertiary/aromatic N) is 2. The number of hydrogen-bond donors (Lipinski definition) is 2. The molecule has 7 heteroatoms. The van der Waals surface area contributed by atoms with Crippen LogP contribution in [-0.2, 0) is 11.2 Å². The third-order valence-corrected chi connectivity index (χ3v) is 4.76. The second-order valence-corrected chi connectivity index (χ2v) is 6.64. The van der Waals surface area contributed by atoms with E-state index >= 15 is 0 Å². The number of anilines is 2. The van der Waals surface area contributed by atoms with E-state index in [1.165, 1.54) is 17.4 Å². The zero-order valence-electron chi connectivity index (χ0n) is 13.4. The number of nitriles is 1. The maximum absolute atomic E-state index is 12.3. The molecule has 0 fully saturated rings. The molecule has 6 nitrogen and oxygen atoms in total. The van der Waals surface area contributed by atoms with Crippen LogP contribution in [-0.4, -0.2) is 16.8 Å². The summed E-state index contributed by atoms with van der Waals surface area (Å²) in [4.78, 5) is 28.2. The van der Waals surface area contributed by atoms with Crippen molar-refractivity contribution in [3.05, 3.63) is 64.5 Å². The molecular weight excluding hydrogens is 348 g/mol. The van der Waals surface area contributed by atoms with Gasteiger partial charge < -0.3 is 5.32 Å². The fourth-order valence-corrected chi connectivity index (χ4v) is 3.47. The second-order valence-electron chi connectivity index (χ2n) is 5.78. The predicted octanol–water partition coefficient (Wildman–Crippen LogP) is 3.43. The molecule has 26 heavy (non-hydrogen) atoms. The van der Waals surface area contributed by atoms with Crippen LogP contribution in [0.2, 0.25) is 0 Å². The predicted molar refractivity (Wildman–Crippen MR) is 99.0 cm³/mol. The number of benzene rings is 2. The number of thiazole rings is 1. The van der Waals surface area contributed by atoms with Gasteiger partial charge in [0.15, 0.2) is 5.13 Å². The average Bonchev–Trinajstić information content (AvgIpc) is 3.26. The maximum atomic E-state index is 12.3. The largest absolute Gasteiger partial charge is 0.326 e. The summed E-state index contributed by atoms with van der Waals surface area (Å²) in [5.74, 6) is -0.324. The third kappa shape index (κ3) is 3.06. The molecule has 1 aromatic heterocycles. The Balaban J connectivity index is 1.53. The van der Waals surface area contributed by atoms with Crippen molar-refractivity contribution >= 4 is 34.0 Å². The van der Waals surface area contributed by atoms with Crippen molar-refractivity contribution < 1.29 is 9.59 Å². The minimum absolute atomic E-state index is 0.0111. The first kappa shape index (κ1) is 16.0. The first-order chi connectivity index (χ1) is 12.6. The Morgan fingerprint density at radius 1 is 1.27 bits per heavy atom. The maximum Gasteiger partial charge on any atom is 0.257 e. The molecule has 0 bridgehead atoms. The highest BCUT2D eigenvalue weighted by Crippen LogP contribution is 2.31. The normalized spacial score (nSPS) is 12.2. The zero-order valence-corrected chi connectivity index (χ0v) is 14.3. The van der Waals surface area contributed by atoms with E-state index in [1.807, 2.05) is 29.6 Å². The summed E-state index contributed by atoms with van der Waals surface area (Å²) in [5.41, 5.74) is 4.24. The standard InChI is InChI=1S/C19H12N4O2S/c20-9-11-2-1-3-13(6-11)18(25)23-19-22-16(10-26-19)12-4-5-15-14(7-12)8-17(24)21-15/h1-7,10H,8H2,(H,21,24)(H,22,23,25). The minimum atomic E-state index is -0.313. The van der Waals surface area contributed by atoms with Gasteiger partial charge in [0.2, 0.25) is 5.91 Å². The molecule has 0 radical (unpaired) electrons. The Kier molecular flexibility index (Phi) is 3.95. The summed E-state index contributed by atoms with van der Waals surface area (Å²) < 4.78 is 0. The Labute approximate surface area is 153 Å². The Hall–Kier alpha value is -3.50. The van der Waals surface area contributed by atoms with Crippen molar-refractivity contribution in [3.63, 3.8) is 0 Å². The molecule has 4 rings (SSSR count). The van der Waals surface area contributed by atoms with Gasteiger partial charge in [-0.3, -0.25) is 14.9 Å². The van der Waals surface area contributed by atoms with Crippen LogP contribution >= 0.6 is 11.3 Å². The Morgan fingerprint density at radius 3 is 3.00 bits per heavy atom. The molecule has 0 spiro atoms. The molecule has 2 amide bonds. The van der Waals surface area contributed by atoms with Gasteiger partial charge in [-0.05, 0) is 35.9 Å². The van der Waals surface area contributed by atoms with E-state index in [1.54, 1.807) is 18.2 Å². The van der Waals surface area contributed by atoms with E-state index in [0.29, 0.717) is 22.7 Å². The number of carbonyl (C=O) groups is 2. The van der Waals surface area contributed by atoms with Gasteiger partial charge in [-0.1, -0.05) is 12.1 Å². The first-order valence-electron chi connectivity index (χ1n) is 7.82. The molecule has 0 unspecified atom stereocenters. The molecule has 2 aromatic carbocycles. The molecule has 1 aliphatic heterocycles. The lowest BCUT2D eigenvalue weighted by Gasteiger charge is -2.03. The van der Waals surface area contributed by atoms with Crippen LogP contribution in [0.3, 0.4) is 0 Å². The van der Waals surface area contributed by atoms with E-state index < -0.39 is 0 Å². The highest BCUT2D eigenvalue weighted by Gasteiger charge is 2.18. The van der Waals surface area contributed by atoms with Gasteiger partial charge in [-0.25, -0.2) is 4.98 Å². The van der Waals surface area contributed by atoms with Crippen LogP contribution in [0, 0.1) is 11.3 Å². The van der Waals surface area contributed by atoms with Crippen molar-refractivity contribution in [1.82, 2.24) is 4.98 Å². The van der Waals surface area contributed by atoms with Crippen LogP contribution in [0.25, 0.3) is 11.3 Å². The zero-order chi connectivity index (χ0) is 18.1. The number of rotatable bonds is 3. The van der Waals surface area contributed by atoms with Crippen LogP contribution in [0.4, 0.5) is 10.8 Å². The topological polar surface area (TPSA) is 94.9 Å². The monoisotopic (exact) mass is 360 g/mol. The number of nitrogens with one attached hydrogen (secondary N) is 2. The third-order valence-electron chi connectivity index (χ3n) is 4.00. The summed E-state index contributed by atoms with van der Waals surface area (Å²) in [6.45, 7) is 0. The second kappa shape index (κ2) is 6.43. The van der Waals surface area contributed by atoms with Gasteiger partial charge in [0.25, 0.3) is 5.91 Å². The fourth-order valence-electron chi connectivity index (χ4n) is 2.75. The molecular formula is C19H12N4O2S. The lowest BCUT2D eigenvalue weighted by Crippen LogP contribution is -2.11. The van der Waals surface area contributed by atoms with Gasteiger partial charge in [-0.2, -0.15) is 5.26 Å². The smallest absolute Gasteiger partial charge is 0.257 e. The van der Waals surface area contributed by atoms with Crippen molar-refractivity contribution in [3.8, 4) is 17.3 Å². The van der Waals surface area contributed by atoms with Crippen LogP contribution in [0.5, 0.6) is 0 Å². The molecule has 0 saturated carbocycles. The summed E-state index contributed by atoms with van der Waals surface area (Å²) in [7, 11) is 0. The van der Waals surface area contributed by atoms with Crippen molar-refractivity contribution in [2.24, 2.45) is 0 Å². The highest BCUT2D eigenvalue weighted by molar-refractivity contribution is 7.14. The minimum Gasteiger partial charge on any atom is -0.326 e. The molecule has 0 atom stereocenters. The van der Waals surface area contributed by atoms with Crippen LogP contribution < -0.4 is 10.6 Å². The summed E-state index contributed by atoms with van der Waals surface area (Å²) in [5, 5.41) is 16.8. The van der Waals surface area contributed by atoms with Crippen molar-refractivity contribution in [2.45, 2.75) is 6.42 Å². The Morgan fingerprint density at radius 2 is 2.15 bits per heavy atom. The highest BCUT2D eigenvalue weighted by atomic mass is 32.1. The van der Waals surface area contributed by atoms with E-state index in [9.17, 15) is 9.59 Å². The summed E-state index contributed by atoms with van der Waals surface area (Å²) in [6, 6.07) is 14.2. The number of amides is 2. The molecule has 0 aliphatic carbocycles. The van der Waals surface area contributed by atoms with Crippen molar-refractivity contribution in [1.29, 1.82) is 5.26 Å². The number of aromatic nitrogens is 1. The van der Waals surface area contributed by atoms with Gasteiger partial charge in [0, 0.05) is 22.2 Å². The van der Waals surface area contributed by atoms with E-state index in [-0.39, 0.29) is 11.8 Å². The van der Waals surface area contributed by atoms with Gasteiger partial charge in [0.1, 0.15) is 0 Å². The summed E-state index contributed by atoms with van der Waals surface area (Å²) in [6.07, 6.45) is 0.367. The van der Waals surface area contributed by atoms with Crippen molar-refractivity contribution in [2.75, 3.05) is 10.6 Å². The van der Waals surface area contributed by atoms with E-state index in [0.717, 1.165) is 22.5 Å². The van der Waals surface area contributed by atoms with E-state index in [2.05, 4.69) is 15.6 Å². The molecule has 3 aromatic rings. The number of fused-ring (bicyclic) bond motifs is 1. The molecule has 2 heterocycles. The lowest BCUT2D eigenvalue weighted by atomic mass is 10.1. The quantitative estimate of drug-likeness (QED) is 0.748. The van der Waals surface area contributed by atoms with Gasteiger partial charge >= 0.3 is 0 Å². The molecule has 2 N–H and O–H groups in total. The SMILES string of the molecule is N#Cc1cccc(C(=O)Nc2nc(-c3ccc4c(c3)CC(=O)N4)cs2)c1. The fraction of sp³-hybridized carbons (Fsp3) is 0.0526. The average molecular weight is 360 g/mol. The Bertz CT molecular complexity index is 1080. The molecule has 1 aliphatic rings. The van der Waals surface area contributed by atoms with Crippen LogP contribution in [0.15, 0.2) is 47.8 Å². The summed E-state index contributed by atoms with van der Waals surface area (Å²) >= 11 is 1.32. The van der Waals surface area contributed by atoms with Gasteiger partial charge in [0.05, 0.1) is 23.7 Å². The molecule has 0 saturated heterocycles. The lowest BCUT2D eigenvalue weighted by molar-refractivity contribution is -0.115. The van der Waals surface area contributed by atoms with Gasteiger partial charge in [-0.15, -0.1) is 11.3 Å². The van der Waals surface area contributed by atoms with E-state index in [4.69, 9.17) is 5.26 Å². The number of carbonyl (C=O) groups excluding carboxylic acids is 2. The van der Waals surface area contributed by atoms with Crippen LogP contribution in [0.1, 0.15) is 21.5 Å². The number of hydrogen-bond acceptors (Lipinski definition) is 5.